The van der Waals surface area contributed by atoms with Crippen molar-refractivity contribution in [3.05, 3.63) is 42.5 Å². The second-order valence-corrected chi connectivity index (χ2v) is 8.75. The standard InChI is InChI=1S/C18H22N2O2S/c21-23(22,17-8-3-6-15-5-1-2-7-16(15)17)20-12-10-18(14-20)9-4-11-19-13-18/h1-3,5-8,19H,4,9-14H2/t18-/m1/s1. The van der Waals surface area contributed by atoms with Crippen LogP contribution in [0.3, 0.4) is 0 Å². The molecule has 2 heterocycles. The van der Waals surface area contributed by atoms with Crippen LogP contribution in [0.15, 0.2) is 47.4 Å². The Bertz CT molecular complexity index is 821. The van der Waals surface area contributed by atoms with Crippen molar-refractivity contribution in [2.45, 2.75) is 24.2 Å². The fraction of sp³-hybridized carbons (Fsp3) is 0.444. The number of fused-ring (bicyclic) bond motifs is 1. The van der Waals surface area contributed by atoms with Crippen molar-refractivity contribution in [2.24, 2.45) is 5.41 Å². The van der Waals surface area contributed by atoms with Crippen LogP contribution in [0.2, 0.25) is 0 Å². The van der Waals surface area contributed by atoms with Gasteiger partial charge in [-0.25, -0.2) is 8.42 Å². The number of nitrogens with one attached hydrogen (secondary N) is 1. The third-order valence-electron chi connectivity index (χ3n) is 5.33. The molecular weight excluding hydrogens is 308 g/mol. The second-order valence-electron chi connectivity index (χ2n) is 6.85. The summed E-state index contributed by atoms with van der Waals surface area (Å²) in [6.07, 6.45) is 3.23. The Morgan fingerprint density at radius 2 is 1.87 bits per heavy atom. The maximum absolute atomic E-state index is 13.2. The van der Waals surface area contributed by atoms with Crippen molar-refractivity contribution in [3.63, 3.8) is 0 Å². The van der Waals surface area contributed by atoms with Crippen LogP contribution in [0, 0.1) is 5.41 Å². The Labute approximate surface area is 137 Å². The molecule has 2 saturated heterocycles. The van der Waals surface area contributed by atoms with Gasteiger partial charge in [0.2, 0.25) is 10.0 Å². The summed E-state index contributed by atoms with van der Waals surface area (Å²) in [7, 11) is -3.44. The molecule has 4 rings (SSSR count). The molecule has 2 aromatic rings. The van der Waals surface area contributed by atoms with E-state index in [1.807, 2.05) is 36.4 Å². The number of rotatable bonds is 2. The highest BCUT2D eigenvalue weighted by Gasteiger charge is 2.43. The van der Waals surface area contributed by atoms with Crippen molar-refractivity contribution in [1.29, 1.82) is 0 Å². The first-order valence-electron chi connectivity index (χ1n) is 8.30. The molecule has 1 N–H and O–H groups in total. The molecular formula is C18H22N2O2S. The lowest BCUT2D eigenvalue weighted by molar-refractivity contribution is 0.225. The minimum atomic E-state index is -3.44. The van der Waals surface area contributed by atoms with E-state index < -0.39 is 10.0 Å². The van der Waals surface area contributed by atoms with Gasteiger partial charge in [-0.15, -0.1) is 0 Å². The zero-order valence-corrected chi connectivity index (χ0v) is 14.0. The van der Waals surface area contributed by atoms with Gasteiger partial charge < -0.3 is 5.32 Å². The first-order valence-corrected chi connectivity index (χ1v) is 9.74. The largest absolute Gasteiger partial charge is 0.316 e. The predicted molar refractivity (Wildman–Crippen MR) is 91.9 cm³/mol. The summed E-state index contributed by atoms with van der Waals surface area (Å²) in [6, 6.07) is 13.2. The lowest BCUT2D eigenvalue weighted by Gasteiger charge is -2.33. The van der Waals surface area contributed by atoms with E-state index in [-0.39, 0.29) is 5.41 Å². The fourth-order valence-electron chi connectivity index (χ4n) is 4.04. The van der Waals surface area contributed by atoms with Crippen molar-refractivity contribution in [3.8, 4) is 0 Å². The molecule has 0 bridgehead atoms. The van der Waals surface area contributed by atoms with Crippen LogP contribution in [0.5, 0.6) is 0 Å². The molecule has 0 aliphatic carbocycles. The van der Waals surface area contributed by atoms with Crippen molar-refractivity contribution in [1.82, 2.24) is 9.62 Å². The normalized spacial score (nSPS) is 26.1. The molecule has 0 amide bonds. The van der Waals surface area contributed by atoms with E-state index in [1.54, 1.807) is 10.4 Å². The number of piperidine rings is 1. The van der Waals surface area contributed by atoms with Crippen LogP contribution in [-0.2, 0) is 10.0 Å². The van der Waals surface area contributed by atoms with Crippen LogP contribution in [0.1, 0.15) is 19.3 Å². The molecule has 122 valence electrons. The molecule has 0 saturated carbocycles. The quantitative estimate of drug-likeness (QED) is 0.921. The second kappa shape index (κ2) is 5.58. The SMILES string of the molecule is O=S(=O)(c1cccc2ccccc12)N1CC[C@@]2(CCCNC2)C1. The molecule has 23 heavy (non-hydrogen) atoms. The van der Waals surface area contributed by atoms with E-state index in [2.05, 4.69) is 5.32 Å². The zero-order chi connectivity index (χ0) is 15.9. The van der Waals surface area contributed by atoms with Gasteiger partial charge in [-0.05, 0) is 42.7 Å². The monoisotopic (exact) mass is 330 g/mol. The number of hydrogen-bond donors (Lipinski definition) is 1. The summed E-state index contributed by atoms with van der Waals surface area (Å²) in [5, 5.41) is 5.23. The summed E-state index contributed by atoms with van der Waals surface area (Å²) in [4.78, 5) is 0.441. The highest BCUT2D eigenvalue weighted by atomic mass is 32.2. The number of sulfonamides is 1. The highest BCUT2D eigenvalue weighted by molar-refractivity contribution is 7.89. The third-order valence-corrected chi connectivity index (χ3v) is 7.23. The zero-order valence-electron chi connectivity index (χ0n) is 13.2. The summed E-state index contributed by atoms with van der Waals surface area (Å²) >= 11 is 0. The third kappa shape index (κ3) is 2.57. The maximum Gasteiger partial charge on any atom is 0.243 e. The smallest absolute Gasteiger partial charge is 0.243 e. The van der Waals surface area contributed by atoms with Gasteiger partial charge in [-0.3, -0.25) is 0 Å². The van der Waals surface area contributed by atoms with Crippen molar-refractivity contribution >= 4 is 20.8 Å². The Kier molecular flexibility index (Phi) is 3.67. The molecule has 2 fully saturated rings. The van der Waals surface area contributed by atoms with Crippen molar-refractivity contribution in [2.75, 3.05) is 26.2 Å². The number of hydrogen-bond acceptors (Lipinski definition) is 3. The van der Waals surface area contributed by atoms with Gasteiger partial charge in [-0.2, -0.15) is 4.31 Å². The van der Waals surface area contributed by atoms with Crippen LogP contribution in [-0.4, -0.2) is 38.9 Å². The van der Waals surface area contributed by atoms with Gasteiger partial charge in [0.25, 0.3) is 0 Å². The van der Waals surface area contributed by atoms with Gasteiger partial charge in [0.05, 0.1) is 4.90 Å². The Balaban J connectivity index is 1.70. The first-order chi connectivity index (χ1) is 11.1. The van der Waals surface area contributed by atoms with Gasteiger partial charge in [0.15, 0.2) is 0 Å². The molecule has 5 heteroatoms. The number of benzene rings is 2. The molecule has 2 aliphatic rings. The highest BCUT2D eigenvalue weighted by Crippen LogP contribution is 2.39. The minimum Gasteiger partial charge on any atom is -0.316 e. The number of nitrogens with zero attached hydrogens (tertiary/aromatic N) is 1. The average Bonchev–Trinajstić information content (AvgIpc) is 2.99. The molecule has 2 aromatic carbocycles. The van der Waals surface area contributed by atoms with Crippen molar-refractivity contribution < 1.29 is 8.42 Å². The van der Waals surface area contributed by atoms with Gasteiger partial charge in [-0.1, -0.05) is 36.4 Å². The summed E-state index contributed by atoms with van der Waals surface area (Å²) in [5.74, 6) is 0. The van der Waals surface area contributed by atoms with E-state index in [4.69, 9.17) is 0 Å². The lowest BCUT2D eigenvalue weighted by atomic mass is 9.80. The van der Waals surface area contributed by atoms with E-state index in [1.165, 1.54) is 0 Å². The van der Waals surface area contributed by atoms with E-state index in [0.29, 0.717) is 18.0 Å². The Morgan fingerprint density at radius 3 is 2.70 bits per heavy atom. The molecule has 1 spiro atoms. The maximum atomic E-state index is 13.2. The van der Waals surface area contributed by atoms with Gasteiger partial charge in [0, 0.05) is 25.0 Å². The summed E-state index contributed by atoms with van der Waals surface area (Å²) in [5.41, 5.74) is 0.135. The van der Waals surface area contributed by atoms with E-state index in [0.717, 1.165) is 43.1 Å². The molecule has 0 aromatic heterocycles. The Hall–Kier alpha value is -1.43. The van der Waals surface area contributed by atoms with Gasteiger partial charge in [0.1, 0.15) is 0 Å². The van der Waals surface area contributed by atoms with Crippen LogP contribution in [0.25, 0.3) is 10.8 Å². The lowest BCUT2D eigenvalue weighted by Crippen LogP contribution is -2.42. The minimum absolute atomic E-state index is 0.135. The average molecular weight is 330 g/mol. The molecule has 4 nitrogen and oxygen atoms in total. The van der Waals surface area contributed by atoms with E-state index >= 15 is 0 Å². The van der Waals surface area contributed by atoms with Crippen LogP contribution < -0.4 is 5.32 Å². The van der Waals surface area contributed by atoms with Gasteiger partial charge >= 0.3 is 0 Å². The molecule has 0 radical (unpaired) electrons. The first kappa shape index (κ1) is 15.1. The summed E-state index contributed by atoms with van der Waals surface area (Å²) < 4.78 is 28.1. The van der Waals surface area contributed by atoms with E-state index in [9.17, 15) is 8.42 Å². The topological polar surface area (TPSA) is 49.4 Å². The predicted octanol–water partition coefficient (Wildman–Crippen LogP) is 2.60. The fourth-order valence-corrected chi connectivity index (χ4v) is 5.81. The molecule has 1 atom stereocenters. The Morgan fingerprint density at radius 1 is 1.04 bits per heavy atom. The molecule has 2 aliphatic heterocycles. The molecule has 0 unspecified atom stereocenters. The van der Waals surface area contributed by atoms with Crippen LogP contribution >= 0.6 is 0 Å². The van der Waals surface area contributed by atoms with Crippen LogP contribution in [0.4, 0.5) is 0 Å². The summed E-state index contributed by atoms with van der Waals surface area (Å²) in [6.45, 7) is 3.27.